The fraction of sp³-hybridized carbons (Fsp3) is 0.538. The van der Waals surface area contributed by atoms with Crippen molar-refractivity contribution in [2.24, 2.45) is 0 Å². The first-order valence-corrected chi connectivity index (χ1v) is 6.52. The molecule has 0 unspecified atom stereocenters. The van der Waals surface area contributed by atoms with Crippen LogP contribution in [0.1, 0.15) is 18.4 Å². The maximum Gasteiger partial charge on any atom is 0.163 e. The summed E-state index contributed by atoms with van der Waals surface area (Å²) < 4.78 is 31.9. The Balaban J connectivity index is 2.03. The van der Waals surface area contributed by atoms with Gasteiger partial charge in [0.2, 0.25) is 0 Å². The number of hydrogen-bond donors (Lipinski definition) is 1. The van der Waals surface area contributed by atoms with Crippen molar-refractivity contribution in [3.63, 3.8) is 0 Å². The van der Waals surface area contributed by atoms with Crippen LogP contribution in [0.15, 0.2) is 18.2 Å². The molecule has 1 saturated heterocycles. The Hall–Kier alpha value is -0.710. The molecule has 1 aliphatic heterocycles. The molecule has 0 saturated carbocycles. The summed E-state index contributed by atoms with van der Waals surface area (Å²) in [6.07, 6.45) is 1.57. The number of nitrogens with one attached hydrogen (secondary N) is 1. The first-order valence-electron chi connectivity index (χ1n) is 5.98. The average Bonchev–Trinajstić information content (AvgIpc) is 2.41. The van der Waals surface area contributed by atoms with Gasteiger partial charge >= 0.3 is 0 Å². The van der Waals surface area contributed by atoms with Crippen molar-refractivity contribution in [3.8, 4) is 0 Å². The second kappa shape index (κ2) is 5.95. The molecule has 1 aromatic rings. The molecule has 0 aromatic heterocycles. The Kier molecular flexibility index (Phi) is 4.54. The van der Waals surface area contributed by atoms with Crippen LogP contribution in [0.3, 0.4) is 0 Å². The van der Waals surface area contributed by atoms with E-state index in [2.05, 4.69) is 5.32 Å². The molecule has 1 N–H and O–H groups in total. The van der Waals surface area contributed by atoms with Crippen LogP contribution in [-0.4, -0.2) is 24.6 Å². The fourth-order valence-corrected chi connectivity index (χ4v) is 2.45. The van der Waals surface area contributed by atoms with Crippen LogP contribution in [0.2, 0.25) is 0 Å². The highest BCUT2D eigenvalue weighted by molar-refractivity contribution is 6.18. The van der Waals surface area contributed by atoms with Gasteiger partial charge in [-0.05, 0) is 18.9 Å². The molecule has 18 heavy (non-hydrogen) atoms. The van der Waals surface area contributed by atoms with Crippen molar-refractivity contribution in [2.75, 3.05) is 19.1 Å². The highest BCUT2D eigenvalue weighted by Crippen LogP contribution is 2.23. The van der Waals surface area contributed by atoms with Gasteiger partial charge in [-0.2, -0.15) is 0 Å². The molecule has 2 nitrogen and oxygen atoms in total. The summed E-state index contributed by atoms with van der Waals surface area (Å²) in [5, 5.41) is 3.25. The normalized spacial score (nSPS) is 18.8. The molecule has 0 spiro atoms. The summed E-state index contributed by atoms with van der Waals surface area (Å²) in [7, 11) is 0. The highest BCUT2D eigenvalue weighted by atomic mass is 35.5. The lowest BCUT2D eigenvalue weighted by Gasteiger charge is -2.36. The minimum absolute atomic E-state index is 0.238. The van der Waals surface area contributed by atoms with E-state index >= 15 is 0 Å². The SMILES string of the molecule is Fc1cccc(CNC2(CCl)CCOCC2)c1F. The summed E-state index contributed by atoms with van der Waals surface area (Å²) >= 11 is 5.99. The number of benzene rings is 1. The molecule has 100 valence electrons. The Bertz CT molecular complexity index is 408. The third-order valence-electron chi connectivity index (χ3n) is 3.39. The van der Waals surface area contributed by atoms with Crippen molar-refractivity contribution >= 4 is 11.6 Å². The summed E-state index contributed by atoms with van der Waals surface area (Å²) in [4.78, 5) is 0. The molecule has 0 bridgehead atoms. The van der Waals surface area contributed by atoms with Crippen LogP contribution in [0.5, 0.6) is 0 Å². The molecule has 0 radical (unpaired) electrons. The summed E-state index contributed by atoms with van der Waals surface area (Å²) in [5.41, 5.74) is 0.0874. The van der Waals surface area contributed by atoms with Gasteiger partial charge in [0.1, 0.15) is 0 Å². The van der Waals surface area contributed by atoms with Crippen LogP contribution in [0.4, 0.5) is 8.78 Å². The number of ether oxygens (including phenoxy) is 1. The summed E-state index contributed by atoms with van der Waals surface area (Å²) in [5.74, 6) is -1.17. The van der Waals surface area contributed by atoms with E-state index in [1.54, 1.807) is 6.07 Å². The molecular formula is C13H16ClF2NO. The van der Waals surface area contributed by atoms with Crippen LogP contribution in [0.25, 0.3) is 0 Å². The van der Waals surface area contributed by atoms with E-state index in [0.29, 0.717) is 24.7 Å². The zero-order chi connectivity index (χ0) is 13.0. The van der Waals surface area contributed by atoms with E-state index in [1.807, 2.05) is 0 Å². The molecule has 5 heteroatoms. The van der Waals surface area contributed by atoms with E-state index in [0.717, 1.165) is 18.9 Å². The maximum absolute atomic E-state index is 13.5. The van der Waals surface area contributed by atoms with Gasteiger partial charge in [-0.3, -0.25) is 0 Å². The van der Waals surface area contributed by atoms with Crippen LogP contribution in [-0.2, 0) is 11.3 Å². The Morgan fingerprint density at radius 1 is 1.28 bits per heavy atom. The van der Waals surface area contributed by atoms with Crippen molar-refractivity contribution in [2.45, 2.75) is 24.9 Å². The summed E-state index contributed by atoms with van der Waals surface area (Å²) in [6, 6.07) is 4.20. The predicted molar refractivity (Wildman–Crippen MR) is 66.7 cm³/mol. The zero-order valence-electron chi connectivity index (χ0n) is 10.0. The Morgan fingerprint density at radius 2 is 2.00 bits per heavy atom. The number of hydrogen-bond acceptors (Lipinski definition) is 2. The largest absolute Gasteiger partial charge is 0.381 e. The molecule has 1 aromatic carbocycles. The van der Waals surface area contributed by atoms with E-state index < -0.39 is 11.6 Å². The highest BCUT2D eigenvalue weighted by Gasteiger charge is 2.31. The van der Waals surface area contributed by atoms with Crippen molar-refractivity contribution < 1.29 is 13.5 Å². The van der Waals surface area contributed by atoms with Gasteiger partial charge in [-0.1, -0.05) is 12.1 Å². The van der Waals surface area contributed by atoms with Gasteiger partial charge in [0, 0.05) is 36.7 Å². The predicted octanol–water partition coefficient (Wildman–Crippen LogP) is 2.84. The number of rotatable bonds is 4. The van der Waals surface area contributed by atoms with Gasteiger partial charge in [0.15, 0.2) is 11.6 Å². The molecule has 0 aliphatic carbocycles. The zero-order valence-corrected chi connectivity index (χ0v) is 10.8. The van der Waals surface area contributed by atoms with Crippen LogP contribution >= 0.6 is 11.6 Å². The quantitative estimate of drug-likeness (QED) is 0.853. The fourth-order valence-electron chi connectivity index (χ4n) is 2.09. The molecule has 1 fully saturated rings. The second-order valence-corrected chi connectivity index (χ2v) is 4.86. The number of alkyl halides is 1. The number of halogens is 3. The van der Waals surface area contributed by atoms with Crippen molar-refractivity contribution in [3.05, 3.63) is 35.4 Å². The molecule has 0 atom stereocenters. The lowest BCUT2D eigenvalue weighted by Crippen LogP contribution is -2.50. The molecular weight excluding hydrogens is 260 g/mol. The van der Waals surface area contributed by atoms with Crippen molar-refractivity contribution in [1.82, 2.24) is 5.32 Å². The lowest BCUT2D eigenvalue weighted by atomic mass is 9.92. The average molecular weight is 276 g/mol. The third kappa shape index (κ3) is 2.99. The minimum atomic E-state index is -0.818. The van der Waals surface area contributed by atoms with Crippen LogP contribution < -0.4 is 5.32 Å². The lowest BCUT2D eigenvalue weighted by molar-refractivity contribution is 0.0458. The molecule has 1 heterocycles. The Morgan fingerprint density at radius 3 is 2.67 bits per heavy atom. The van der Waals surface area contributed by atoms with Crippen LogP contribution in [0, 0.1) is 11.6 Å². The second-order valence-electron chi connectivity index (χ2n) is 4.59. The molecule has 1 aliphatic rings. The summed E-state index contributed by atoms with van der Waals surface area (Å²) in [6.45, 7) is 1.56. The minimum Gasteiger partial charge on any atom is -0.381 e. The van der Waals surface area contributed by atoms with Gasteiger partial charge in [0.25, 0.3) is 0 Å². The first-order chi connectivity index (χ1) is 8.67. The Labute approximate surface area is 110 Å². The molecule has 2 rings (SSSR count). The standard InChI is InChI=1S/C13H16ClF2NO/c14-9-13(4-6-18-7-5-13)17-8-10-2-1-3-11(15)12(10)16/h1-3,17H,4-9H2. The van der Waals surface area contributed by atoms with Gasteiger partial charge < -0.3 is 10.1 Å². The molecule has 0 amide bonds. The smallest absolute Gasteiger partial charge is 0.163 e. The maximum atomic E-state index is 13.5. The van der Waals surface area contributed by atoms with Gasteiger partial charge in [-0.15, -0.1) is 11.6 Å². The van der Waals surface area contributed by atoms with Gasteiger partial charge in [0.05, 0.1) is 0 Å². The monoisotopic (exact) mass is 275 g/mol. The van der Waals surface area contributed by atoms with Gasteiger partial charge in [-0.25, -0.2) is 8.78 Å². The first kappa shape index (κ1) is 13.7. The van der Waals surface area contributed by atoms with Crippen molar-refractivity contribution in [1.29, 1.82) is 0 Å². The van der Waals surface area contributed by atoms with E-state index in [9.17, 15) is 8.78 Å². The van der Waals surface area contributed by atoms with E-state index in [4.69, 9.17) is 16.3 Å². The van der Waals surface area contributed by atoms with E-state index in [-0.39, 0.29) is 12.1 Å². The third-order valence-corrected chi connectivity index (χ3v) is 3.90. The topological polar surface area (TPSA) is 21.3 Å². The van der Waals surface area contributed by atoms with E-state index in [1.165, 1.54) is 6.07 Å².